The van der Waals surface area contributed by atoms with E-state index in [-0.39, 0.29) is 23.6 Å². The van der Waals surface area contributed by atoms with Gasteiger partial charge in [-0.1, -0.05) is 11.5 Å². The number of carboxylic acid groups (broad SMARTS) is 1. The largest absolute Gasteiger partial charge is 0.478 e. The molecular weight excluding hydrogens is 421 g/mol. The van der Waals surface area contributed by atoms with Crippen molar-refractivity contribution in [3.63, 3.8) is 0 Å². The number of carboxylic acids is 1. The standard InChI is InChI=1S/C21H20FN5O5/c22-13-4-6-14(7-5-13)25-20-27-26-18(31-20)17(28)24-15-8-9-16(23-12-15)32-21(19(29)30)10-2-1-3-11-21/h4-9,12H,1-3,10-11H2,(H,24,28)(H,25,27)(H,29,30). The molecule has 0 bridgehead atoms. The van der Waals surface area contributed by atoms with E-state index in [9.17, 15) is 19.1 Å². The molecular formula is C21H20FN5O5. The van der Waals surface area contributed by atoms with Gasteiger partial charge >= 0.3 is 23.8 Å². The second kappa shape index (κ2) is 9.00. The summed E-state index contributed by atoms with van der Waals surface area (Å²) < 4.78 is 24.0. The lowest BCUT2D eigenvalue weighted by Crippen LogP contribution is -2.46. The molecule has 4 rings (SSSR count). The van der Waals surface area contributed by atoms with Crippen LogP contribution < -0.4 is 15.4 Å². The Labute approximate surface area is 181 Å². The van der Waals surface area contributed by atoms with E-state index in [4.69, 9.17) is 9.15 Å². The molecule has 0 unspecified atom stereocenters. The number of anilines is 3. The second-order valence-corrected chi connectivity index (χ2v) is 7.35. The molecule has 0 atom stereocenters. The first-order valence-electron chi connectivity index (χ1n) is 9.99. The number of carbonyl (C=O) groups is 2. The molecule has 0 spiro atoms. The van der Waals surface area contributed by atoms with Gasteiger partial charge in [0, 0.05) is 11.8 Å². The van der Waals surface area contributed by atoms with Gasteiger partial charge in [-0.3, -0.25) is 4.79 Å². The number of nitrogens with one attached hydrogen (secondary N) is 2. The summed E-state index contributed by atoms with van der Waals surface area (Å²) in [5.74, 6) is -2.17. The molecule has 2 heterocycles. The molecule has 10 nitrogen and oxygen atoms in total. The number of ether oxygens (including phenoxy) is 1. The van der Waals surface area contributed by atoms with Crippen molar-refractivity contribution in [1.82, 2.24) is 15.2 Å². The summed E-state index contributed by atoms with van der Waals surface area (Å²) in [6.45, 7) is 0. The van der Waals surface area contributed by atoms with Gasteiger partial charge < -0.3 is 24.9 Å². The zero-order valence-corrected chi connectivity index (χ0v) is 16.9. The lowest BCUT2D eigenvalue weighted by Gasteiger charge is -2.33. The Morgan fingerprint density at radius 3 is 2.41 bits per heavy atom. The summed E-state index contributed by atoms with van der Waals surface area (Å²) in [7, 11) is 0. The zero-order chi connectivity index (χ0) is 22.6. The summed E-state index contributed by atoms with van der Waals surface area (Å²) in [6, 6.07) is 8.48. The van der Waals surface area contributed by atoms with Gasteiger partial charge in [-0.05, 0) is 56.0 Å². The van der Waals surface area contributed by atoms with Crippen LogP contribution in [0.2, 0.25) is 0 Å². The Bertz CT molecular complexity index is 1090. The molecule has 3 N–H and O–H groups in total. The number of carbonyl (C=O) groups excluding carboxylic acids is 1. The molecule has 0 radical (unpaired) electrons. The first kappa shape index (κ1) is 21.2. The predicted octanol–water partition coefficient (Wildman–Crippen LogP) is 3.77. The van der Waals surface area contributed by atoms with Crippen LogP contribution in [0, 0.1) is 5.82 Å². The van der Waals surface area contributed by atoms with Gasteiger partial charge in [0.05, 0.1) is 11.9 Å². The van der Waals surface area contributed by atoms with Crippen LogP contribution in [0.4, 0.5) is 21.8 Å². The van der Waals surface area contributed by atoms with E-state index in [1.165, 1.54) is 42.6 Å². The summed E-state index contributed by atoms with van der Waals surface area (Å²) >= 11 is 0. The number of rotatable bonds is 7. The van der Waals surface area contributed by atoms with Gasteiger partial charge in [0.15, 0.2) is 0 Å². The molecule has 1 saturated carbocycles. The maximum absolute atomic E-state index is 13.0. The average molecular weight is 441 g/mol. The van der Waals surface area contributed by atoms with E-state index in [2.05, 4.69) is 25.8 Å². The third kappa shape index (κ3) is 4.82. The Hall–Kier alpha value is -4.02. The van der Waals surface area contributed by atoms with Crippen molar-refractivity contribution >= 4 is 29.3 Å². The van der Waals surface area contributed by atoms with Crippen LogP contribution >= 0.6 is 0 Å². The molecule has 32 heavy (non-hydrogen) atoms. The van der Waals surface area contributed by atoms with Gasteiger partial charge in [0.1, 0.15) is 5.82 Å². The van der Waals surface area contributed by atoms with Crippen LogP contribution in [0.1, 0.15) is 42.8 Å². The Morgan fingerprint density at radius 2 is 1.75 bits per heavy atom. The van der Waals surface area contributed by atoms with E-state index in [0.29, 0.717) is 24.2 Å². The summed E-state index contributed by atoms with van der Waals surface area (Å²) in [5.41, 5.74) is -0.422. The lowest BCUT2D eigenvalue weighted by atomic mass is 9.84. The smallest absolute Gasteiger partial charge is 0.348 e. The average Bonchev–Trinajstić information content (AvgIpc) is 3.26. The number of amides is 1. The van der Waals surface area contributed by atoms with Crippen molar-refractivity contribution in [2.45, 2.75) is 37.7 Å². The molecule has 0 aliphatic heterocycles. The van der Waals surface area contributed by atoms with E-state index in [1.54, 1.807) is 0 Å². The zero-order valence-electron chi connectivity index (χ0n) is 16.9. The maximum Gasteiger partial charge on any atom is 0.348 e. The Balaban J connectivity index is 1.37. The Kier molecular flexibility index (Phi) is 5.97. The quantitative estimate of drug-likeness (QED) is 0.500. The van der Waals surface area contributed by atoms with Crippen molar-refractivity contribution in [3.05, 3.63) is 54.3 Å². The SMILES string of the molecule is O=C(Nc1ccc(OC2(C(=O)O)CCCCC2)nc1)c1nnc(Nc2ccc(F)cc2)o1. The molecule has 1 aliphatic carbocycles. The van der Waals surface area contributed by atoms with Crippen molar-refractivity contribution in [2.75, 3.05) is 10.6 Å². The van der Waals surface area contributed by atoms with Gasteiger partial charge in [-0.15, -0.1) is 5.10 Å². The number of aliphatic carboxylic acids is 1. The topological polar surface area (TPSA) is 139 Å². The van der Waals surface area contributed by atoms with Gasteiger partial charge in [0.25, 0.3) is 0 Å². The number of pyridine rings is 1. The maximum atomic E-state index is 13.0. The monoisotopic (exact) mass is 441 g/mol. The number of hydrogen-bond donors (Lipinski definition) is 3. The molecule has 0 saturated heterocycles. The second-order valence-electron chi connectivity index (χ2n) is 7.35. The number of nitrogens with zero attached hydrogens (tertiary/aromatic N) is 3. The molecule has 1 fully saturated rings. The van der Waals surface area contributed by atoms with Crippen LogP contribution in [0.3, 0.4) is 0 Å². The minimum atomic E-state index is -1.27. The van der Waals surface area contributed by atoms with Crippen molar-refractivity contribution < 1.29 is 28.2 Å². The van der Waals surface area contributed by atoms with Crippen molar-refractivity contribution in [1.29, 1.82) is 0 Å². The number of benzene rings is 1. The van der Waals surface area contributed by atoms with Crippen LogP contribution in [0.25, 0.3) is 0 Å². The summed E-state index contributed by atoms with van der Waals surface area (Å²) in [6.07, 6.45) is 4.74. The summed E-state index contributed by atoms with van der Waals surface area (Å²) in [4.78, 5) is 28.2. The fraction of sp³-hybridized carbons (Fsp3) is 0.286. The Morgan fingerprint density at radius 1 is 1.03 bits per heavy atom. The molecule has 11 heteroatoms. The molecule has 166 valence electrons. The normalized spacial score (nSPS) is 15.0. The molecule has 1 amide bonds. The highest BCUT2D eigenvalue weighted by atomic mass is 19.1. The van der Waals surface area contributed by atoms with E-state index in [1.807, 2.05) is 0 Å². The first-order chi connectivity index (χ1) is 15.4. The van der Waals surface area contributed by atoms with E-state index < -0.39 is 17.5 Å². The van der Waals surface area contributed by atoms with Gasteiger partial charge in [0.2, 0.25) is 11.5 Å². The van der Waals surface area contributed by atoms with Crippen LogP contribution in [-0.4, -0.2) is 37.8 Å². The number of halogens is 1. The van der Waals surface area contributed by atoms with Crippen molar-refractivity contribution in [3.8, 4) is 5.88 Å². The third-order valence-electron chi connectivity index (χ3n) is 5.06. The highest BCUT2D eigenvalue weighted by Gasteiger charge is 2.42. The first-order valence-corrected chi connectivity index (χ1v) is 9.99. The van der Waals surface area contributed by atoms with Crippen LogP contribution in [0.5, 0.6) is 5.88 Å². The third-order valence-corrected chi connectivity index (χ3v) is 5.06. The summed E-state index contributed by atoms with van der Waals surface area (Å²) in [5, 5.41) is 22.3. The van der Waals surface area contributed by atoms with E-state index >= 15 is 0 Å². The van der Waals surface area contributed by atoms with Gasteiger partial charge in [-0.2, -0.15) is 0 Å². The number of aromatic nitrogens is 3. The predicted molar refractivity (Wildman–Crippen MR) is 110 cm³/mol. The van der Waals surface area contributed by atoms with Crippen LogP contribution in [0.15, 0.2) is 47.0 Å². The molecule has 2 aromatic heterocycles. The van der Waals surface area contributed by atoms with E-state index in [0.717, 1.165) is 19.3 Å². The molecule has 3 aromatic rings. The lowest BCUT2D eigenvalue weighted by molar-refractivity contribution is -0.158. The fourth-order valence-corrected chi connectivity index (χ4v) is 3.40. The molecule has 1 aromatic carbocycles. The highest BCUT2D eigenvalue weighted by molar-refractivity contribution is 6.00. The van der Waals surface area contributed by atoms with Crippen LogP contribution in [-0.2, 0) is 4.79 Å². The minimum absolute atomic E-state index is 0.0323. The highest BCUT2D eigenvalue weighted by Crippen LogP contribution is 2.33. The molecule has 1 aliphatic rings. The number of hydrogen-bond acceptors (Lipinski definition) is 8. The fourth-order valence-electron chi connectivity index (χ4n) is 3.40. The van der Waals surface area contributed by atoms with Gasteiger partial charge in [-0.25, -0.2) is 14.2 Å². The van der Waals surface area contributed by atoms with Crippen molar-refractivity contribution in [2.24, 2.45) is 0 Å². The minimum Gasteiger partial charge on any atom is -0.478 e.